The van der Waals surface area contributed by atoms with Crippen molar-refractivity contribution in [1.82, 2.24) is 14.8 Å². The second-order valence-electron chi connectivity index (χ2n) is 7.47. The second-order valence-corrected chi connectivity index (χ2v) is 7.90. The molecule has 1 aliphatic heterocycles. The molecule has 2 aromatic rings. The first-order chi connectivity index (χ1) is 14.0. The Kier molecular flexibility index (Phi) is 6.91. The summed E-state index contributed by atoms with van der Waals surface area (Å²) < 4.78 is 0. The molecule has 0 saturated carbocycles. The predicted molar refractivity (Wildman–Crippen MR) is 115 cm³/mol. The quantitative estimate of drug-likeness (QED) is 0.725. The van der Waals surface area contributed by atoms with E-state index >= 15 is 0 Å². The van der Waals surface area contributed by atoms with E-state index in [9.17, 15) is 9.59 Å². The molecule has 154 valence electrons. The van der Waals surface area contributed by atoms with Gasteiger partial charge in [0.1, 0.15) is 0 Å². The Labute approximate surface area is 177 Å². The molecule has 0 spiro atoms. The average Bonchev–Trinajstić information content (AvgIpc) is 2.77. The Hall–Kier alpha value is -2.40. The van der Waals surface area contributed by atoms with Crippen LogP contribution in [0, 0.1) is 0 Å². The van der Waals surface area contributed by atoms with E-state index in [1.165, 1.54) is 0 Å². The number of hydrogen-bond acceptors (Lipinski definition) is 3. The Morgan fingerprint density at radius 2 is 1.59 bits per heavy atom. The number of amides is 2. The lowest BCUT2D eigenvalue weighted by atomic mass is 9.74. The highest BCUT2D eigenvalue weighted by atomic mass is 35.5. The standard InChI is InChI=1S/C23H28ClN3O2/c1-3-23(4-2,18-8-10-19(24)11-9-18)22(29)27-15-13-26(14-16-27)21(28)17-20-7-5-6-12-25-20/h5-12H,3-4,13-17H2,1-2H3. The number of halogens is 1. The van der Waals surface area contributed by atoms with Crippen molar-refractivity contribution in [2.45, 2.75) is 38.5 Å². The number of benzene rings is 1. The topological polar surface area (TPSA) is 53.5 Å². The summed E-state index contributed by atoms with van der Waals surface area (Å²) in [6, 6.07) is 13.2. The molecule has 1 fully saturated rings. The SMILES string of the molecule is CCC(CC)(C(=O)N1CCN(C(=O)Cc2ccccn2)CC1)c1ccc(Cl)cc1. The van der Waals surface area contributed by atoms with Crippen molar-refractivity contribution in [2.75, 3.05) is 26.2 Å². The van der Waals surface area contributed by atoms with Crippen LogP contribution in [0.3, 0.4) is 0 Å². The number of carbonyl (C=O) groups is 2. The Morgan fingerprint density at radius 3 is 2.14 bits per heavy atom. The zero-order valence-corrected chi connectivity index (χ0v) is 17.9. The third-order valence-electron chi connectivity index (χ3n) is 5.99. The Bertz CT molecular complexity index is 827. The van der Waals surface area contributed by atoms with E-state index in [2.05, 4.69) is 18.8 Å². The van der Waals surface area contributed by atoms with E-state index in [4.69, 9.17) is 11.6 Å². The van der Waals surface area contributed by atoms with Gasteiger partial charge in [-0.2, -0.15) is 0 Å². The van der Waals surface area contributed by atoms with E-state index in [1.807, 2.05) is 52.3 Å². The van der Waals surface area contributed by atoms with Crippen LogP contribution in [0.4, 0.5) is 0 Å². The minimum absolute atomic E-state index is 0.0609. The van der Waals surface area contributed by atoms with Crippen molar-refractivity contribution in [3.05, 3.63) is 64.9 Å². The highest BCUT2D eigenvalue weighted by Crippen LogP contribution is 2.35. The molecule has 0 N–H and O–H groups in total. The summed E-state index contributed by atoms with van der Waals surface area (Å²) in [6.45, 7) is 6.35. The summed E-state index contributed by atoms with van der Waals surface area (Å²) >= 11 is 6.04. The van der Waals surface area contributed by atoms with Crippen molar-refractivity contribution in [2.24, 2.45) is 0 Å². The van der Waals surface area contributed by atoms with E-state index < -0.39 is 5.41 Å². The summed E-state index contributed by atoms with van der Waals surface area (Å²) in [6.07, 6.45) is 3.45. The fourth-order valence-corrected chi connectivity index (χ4v) is 4.21. The van der Waals surface area contributed by atoms with Crippen molar-refractivity contribution in [1.29, 1.82) is 0 Å². The zero-order valence-electron chi connectivity index (χ0n) is 17.1. The summed E-state index contributed by atoms with van der Waals surface area (Å²) in [5.41, 5.74) is 1.23. The fourth-order valence-electron chi connectivity index (χ4n) is 4.08. The lowest BCUT2D eigenvalue weighted by molar-refractivity contribution is -0.143. The smallest absolute Gasteiger partial charge is 0.233 e. The molecule has 0 unspecified atom stereocenters. The van der Waals surface area contributed by atoms with Gasteiger partial charge in [0.15, 0.2) is 0 Å². The van der Waals surface area contributed by atoms with Crippen LogP contribution in [0.2, 0.25) is 5.02 Å². The molecule has 0 aliphatic carbocycles. The van der Waals surface area contributed by atoms with Crippen molar-refractivity contribution in [3.63, 3.8) is 0 Å². The van der Waals surface area contributed by atoms with Crippen LogP contribution in [0.25, 0.3) is 0 Å². The lowest BCUT2D eigenvalue weighted by Gasteiger charge is -2.41. The number of carbonyl (C=O) groups excluding carboxylic acids is 2. The van der Waals surface area contributed by atoms with Gasteiger partial charge in [0, 0.05) is 43.1 Å². The predicted octanol–water partition coefficient (Wildman–Crippen LogP) is 3.71. The molecular weight excluding hydrogens is 386 g/mol. The highest BCUT2D eigenvalue weighted by molar-refractivity contribution is 6.30. The van der Waals surface area contributed by atoms with Gasteiger partial charge in [0.25, 0.3) is 0 Å². The zero-order chi connectivity index (χ0) is 20.9. The van der Waals surface area contributed by atoms with Gasteiger partial charge in [0.05, 0.1) is 11.8 Å². The number of nitrogens with zero attached hydrogens (tertiary/aromatic N) is 3. The average molecular weight is 414 g/mol. The molecule has 6 heteroatoms. The number of aromatic nitrogens is 1. The van der Waals surface area contributed by atoms with Crippen LogP contribution in [0.5, 0.6) is 0 Å². The van der Waals surface area contributed by atoms with Gasteiger partial charge < -0.3 is 9.80 Å². The molecule has 1 aromatic heterocycles. The molecule has 3 rings (SSSR count). The van der Waals surface area contributed by atoms with Crippen LogP contribution in [0.15, 0.2) is 48.7 Å². The van der Waals surface area contributed by atoms with Crippen molar-refractivity contribution >= 4 is 23.4 Å². The number of pyridine rings is 1. The normalized spacial score (nSPS) is 14.7. The minimum Gasteiger partial charge on any atom is -0.339 e. The first kappa shape index (κ1) is 21.3. The molecule has 1 aromatic carbocycles. The molecule has 2 heterocycles. The Balaban J connectivity index is 1.66. The largest absolute Gasteiger partial charge is 0.339 e. The maximum Gasteiger partial charge on any atom is 0.233 e. The Morgan fingerprint density at radius 1 is 0.966 bits per heavy atom. The fraction of sp³-hybridized carbons (Fsp3) is 0.435. The van der Waals surface area contributed by atoms with Gasteiger partial charge in [0.2, 0.25) is 11.8 Å². The monoisotopic (exact) mass is 413 g/mol. The third-order valence-corrected chi connectivity index (χ3v) is 6.24. The van der Waals surface area contributed by atoms with E-state index in [0.717, 1.165) is 24.1 Å². The molecule has 0 radical (unpaired) electrons. The maximum atomic E-state index is 13.5. The summed E-state index contributed by atoms with van der Waals surface area (Å²) in [5, 5.41) is 0.669. The van der Waals surface area contributed by atoms with Gasteiger partial charge in [-0.1, -0.05) is 43.6 Å². The number of piperazine rings is 1. The maximum absolute atomic E-state index is 13.5. The summed E-state index contributed by atoms with van der Waals surface area (Å²) in [4.78, 5) is 34.1. The number of hydrogen-bond donors (Lipinski definition) is 0. The first-order valence-electron chi connectivity index (χ1n) is 10.2. The third kappa shape index (κ3) is 4.61. The molecule has 0 bridgehead atoms. The lowest BCUT2D eigenvalue weighted by Crippen LogP contribution is -2.55. The van der Waals surface area contributed by atoms with Crippen LogP contribution >= 0.6 is 11.6 Å². The minimum atomic E-state index is -0.551. The summed E-state index contributed by atoms with van der Waals surface area (Å²) in [7, 11) is 0. The van der Waals surface area contributed by atoms with Gasteiger partial charge in [-0.05, 0) is 42.7 Å². The van der Waals surface area contributed by atoms with Crippen LogP contribution in [-0.2, 0) is 21.4 Å². The molecule has 29 heavy (non-hydrogen) atoms. The van der Waals surface area contributed by atoms with Crippen LogP contribution < -0.4 is 0 Å². The molecule has 1 saturated heterocycles. The second kappa shape index (κ2) is 9.40. The molecule has 2 amide bonds. The van der Waals surface area contributed by atoms with Crippen molar-refractivity contribution in [3.8, 4) is 0 Å². The molecule has 1 aliphatic rings. The van der Waals surface area contributed by atoms with E-state index in [0.29, 0.717) is 37.6 Å². The van der Waals surface area contributed by atoms with E-state index in [1.54, 1.807) is 6.20 Å². The molecule has 0 atom stereocenters. The van der Waals surface area contributed by atoms with Gasteiger partial charge in [-0.3, -0.25) is 14.6 Å². The summed E-state index contributed by atoms with van der Waals surface area (Å²) in [5.74, 6) is 0.201. The molecule has 5 nitrogen and oxygen atoms in total. The van der Waals surface area contributed by atoms with Crippen LogP contribution in [-0.4, -0.2) is 52.8 Å². The first-order valence-corrected chi connectivity index (χ1v) is 10.6. The van der Waals surface area contributed by atoms with Crippen molar-refractivity contribution < 1.29 is 9.59 Å². The molecular formula is C23H28ClN3O2. The number of rotatable bonds is 6. The van der Waals surface area contributed by atoms with Gasteiger partial charge >= 0.3 is 0 Å². The van der Waals surface area contributed by atoms with Gasteiger partial charge in [-0.25, -0.2) is 0 Å². The van der Waals surface area contributed by atoms with Gasteiger partial charge in [-0.15, -0.1) is 0 Å². The highest BCUT2D eigenvalue weighted by Gasteiger charge is 2.40. The van der Waals surface area contributed by atoms with E-state index in [-0.39, 0.29) is 11.8 Å². The van der Waals surface area contributed by atoms with Crippen LogP contribution in [0.1, 0.15) is 37.9 Å².